The molecule has 47 heavy (non-hydrogen) atoms. The number of nitrogens with zero attached hydrogens (tertiary/aromatic N) is 2. The monoisotopic (exact) mass is 733 g/mol. The number of hydrogen-bond acceptors (Lipinski definition) is 4. The van der Waals surface area contributed by atoms with Crippen LogP contribution in [-0.4, -0.2) is 43.8 Å². The molecule has 2 atom stereocenters. The highest BCUT2D eigenvalue weighted by atomic mass is 35.5. The molecule has 0 unspecified atom stereocenters. The number of amides is 2. The third-order valence-electron chi connectivity index (χ3n) is 7.75. The van der Waals surface area contributed by atoms with Crippen molar-refractivity contribution in [3.05, 3.63) is 128 Å². The predicted octanol–water partition coefficient (Wildman–Crippen LogP) is 8.36. The van der Waals surface area contributed by atoms with Crippen LogP contribution in [-0.2, 0) is 32.6 Å². The Morgan fingerprint density at radius 3 is 2.02 bits per heavy atom. The molecule has 4 aromatic rings. The summed E-state index contributed by atoms with van der Waals surface area (Å²) in [5.74, 6) is -1.10. The largest absolute Gasteiger partial charge is 0.352 e. The van der Waals surface area contributed by atoms with Gasteiger partial charge in [-0.3, -0.25) is 13.9 Å². The second-order valence-corrected chi connectivity index (χ2v) is 14.6. The molecular weight excluding hydrogens is 700 g/mol. The molecule has 1 N–H and O–H groups in total. The molecule has 4 rings (SSSR count). The first-order chi connectivity index (χ1) is 22.3. The lowest BCUT2D eigenvalue weighted by molar-refractivity contribution is -0.140. The Morgan fingerprint density at radius 2 is 1.40 bits per heavy atom. The molecule has 0 aliphatic carbocycles. The molecule has 0 aromatic heterocycles. The maximum atomic E-state index is 14.7. The first-order valence-corrected chi connectivity index (χ1v) is 17.9. The summed E-state index contributed by atoms with van der Waals surface area (Å²) in [5, 5.41) is 3.63. The molecule has 0 saturated heterocycles. The standard InChI is InChI=1S/C35H35Cl4N3O4S/c1-4-24(3)40-35(44)32(20-25-10-6-5-7-11-25)41(21-27-28(36)12-8-13-29(27)37)33(43)22-42(31-15-9-14-30(38)34(31)39)47(45,46)26-18-16-23(2)17-19-26/h5-19,24,32H,4,20-22H2,1-3H3,(H,40,44)/t24-,32-/m1/s1. The van der Waals surface area contributed by atoms with Gasteiger partial charge >= 0.3 is 0 Å². The second kappa shape index (κ2) is 16.2. The number of aryl methyl sites for hydroxylation is 1. The molecule has 0 aliphatic rings. The minimum atomic E-state index is -4.37. The smallest absolute Gasteiger partial charge is 0.264 e. The van der Waals surface area contributed by atoms with E-state index in [1.807, 2.05) is 51.1 Å². The van der Waals surface area contributed by atoms with E-state index < -0.39 is 34.4 Å². The number of halogens is 4. The van der Waals surface area contributed by atoms with Crippen molar-refractivity contribution in [1.29, 1.82) is 0 Å². The van der Waals surface area contributed by atoms with Crippen LogP contribution < -0.4 is 9.62 Å². The van der Waals surface area contributed by atoms with Gasteiger partial charge in [-0.15, -0.1) is 0 Å². The van der Waals surface area contributed by atoms with E-state index in [9.17, 15) is 18.0 Å². The Bertz CT molecular complexity index is 1800. The SMILES string of the molecule is CC[C@@H](C)NC(=O)[C@@H](Cc1ccccc1)N(Cc1c(Cl)cccc1Cl)C(=O)CN(c1cccc(Cl)c1Cl)S(=O)(=O)c1ccc(C)cc1. The zero-order chi connectivity index (χ0) is 34.3. The number of benzene rings is 4. The first-order valence-electron chi connectivity index (χ1n) is 14.9. The lowest BCUT2D eigenvalue weighted by Gasteiger charge is -2.35. The molecule has 0 fully saturated rings. The molecule has 0 bridgehead atoms. The lowest BCUT2D eigenvalue weighted by Crippen LogP contribution is -2.54. The lowest BCUT2D eigenvalue weighted by atomic mass is 10.0. The molecule has 0 saturated carbocycles. The van der Waals surface area contributed by atoms with E-state index in [4.69, 9.17) is 46.4 Å². The normalized spacial score (nSPS) is 12.7. The van der Waals surface area contributed by atoms with Crippen molar-refractivity contribution < 1.29 is 18.0 Å². The third-order valence-corrected chi connectivity index (χ3v) is 11.0. The third kappa shape index (κ3) is 9.00. The second-order valence-electron chi connectivity index (χ2n) is 11.1. The van der Waals surface area contributed by atoms with Crippen LogP contribution in [0.2, 0.25) is 20.1 Å². The van der Waals surface area contributed by atoms with Crippen LogP contribution in [0, 0.1) is 6.92 Å². The van der Waals surface area contributed by atoms with Gasteiger partial charge in [-0.2, -0.15) is 0 Å². The van der Waals surface area contributed by atoms with E-state index in [2.05, 4.69) is 5.32 Å². The van der Waals surface area contributed by atoms with Crippen molar-refractivity contribution in [3.8, 4) is 0 Å². The van der Waals surface area contributed by atoms with Crippen molar-refractivity contribution >= 4 is 73.9 Å². The van der Waals surface area contributed by atoms with E-state index in [0.29, 0.717) is 12.0 Å². The summed E-state index contributed by atoms with van der Waals surface area (Å²) < 4.78 is 29.4. The number of carbonyl (C=O) groups is 2. The Balaban J connectivity index is 1.87. The molecular formula is C35H35Cl4N3O4S. The van der Waals surface area contributed by atoms with Gasteiger partial charge in [0.25, 0.3) is 10.0 Å². The summed E-state index contributed by atoms with van der Waals surface area (Å²) in [6.45, 7) is 4.75. The van der Waals surface area contributed by atoms with Crippen LogP contribution in [0.4, 0.5) is 5.69 Å². The highest BCUT2D eigenvalue weighted by Crippen LogP contribution is 2.36. The fraction of sp³-hybridized carbons (Fsp3) is 0.257. The molecule has 248 valence electrons. The number of hydrogen-bond donors (Lipinski definition) is 1. The van der Waals surface area contributed by atoms with Crippen molar-refractivity contribution in [2.75, 3.05) is 10.8 Å². The van der Waals surface area contributed by atoms with Crippen LogP contribution in [0.15, 0.2) is 95.9 Å². The molecule has 7 nitrogen and oxygen atoms in total. The van der Waals surface area contributed by atoms with Gasteiger partial charge in [-0.05, 0) is 62.2 Å². The summed E-state index contributed by atoms with van der Waals surface area (Å²) in [4.78, 5) is 29.9. The van der Waals surface area contributed by atoms with Gasteiger partial charge in [-0.25, -0.2) is 8.42 Å². The van der Waals surface area contributed by atoms with Crippen molar-refractivity contribution in [2.45, 2.75) is 57.1 Å². The topological polar surface area (TPSA) is 86.8 Å². The highest BCUT2D eigenvalue weighted by Gasteiger charge is 2.36. The average molecular weight is 736 g/mol. The van der Waals surface area contributed by atoms with E-state index in [-0.39, 0.29) is 49.7 Å². The summed E-state index contributed by atoms with van der Waals surface area (Å²) in [6.07, 6.45) is 0.795. The van der Waals surface area contributed by atoms with E-state index in [0.717, 1.165) is 15.4 Å². The Morgan fingerprint density at radius 1 is 0.809 bits per heavy atom. The summed E-state index contributed by atoms with van der Waals surface area (Å²) in [5.41, 5.74) is 2.06. The zero-order valence-electron chi connectivity index (χ0n) is 26.1. The Kier molecular flexibility index (Phi) is 12.6. The summed E-state index contributed by atoms with van der Waals surface area (Å²) in [6, 6.07) is 23.7. The molecule has 0 heterocycles. The van der Waals surface area contributed by atoms with Crippen LogP contribution in [0.25, 0.3) is 0 Å². The summed E-state index contributed by atoms with van der Waals surface area (Å²) >= 11 is 26.0. The number of sulfonamides is 1. The fourth-order valence-corrected chi connectivity index (χ4v) is 7.28. The molecule has 0 radical (unpaired) electrons. The molecule has 0 aliphatic heterocycles. The van der Waals surface area contributed by atoms with Gasteiger partial charge in [0.05, 0.1) is 20.6 Å². The first kappa shape index (κ1) is 36.6. The van der Waals surface area contributed by atoms with Gasteiger partial charge in [0.15, 0.2) is 0 Å². The minimum absolute atomic E-state index is 0.00693. The predicted molar refractivity (Wildman–Crippen MR) is 191 cm³/mol. The van der Waals surface area contributed by atoms with Crippen LogP contribution in [0.1, 0.15) is 37.0 Å². The Hall–Kier alpha value is -3.27. The Labute approximate surface area is 296 Å². The van der Waals surface area contributed by atoms with E-state index >= 15 is 0 Å². The quantitative estimate of drug-likeness (QED) is 0.150. The number of carbonyl (C=O) groups excluding carboxylic acids is 2. The van der Waals surface area contributed by atoms with Crippen molar-refractivity contribution in [1.82, 2.24) is 10.2 Å². The molecule has 4 aromatic carbocycles. The van der Waals surface area contributed by atoms with E-state index in [1.54, 1.807) is 36.4 Å². The van der Waals surface area contributed by atoms with Gasteiger partial charge in [-0.1, -0.05) is 113 Å². The van der Waals surface area contributed by atoms with E-state index in [1.165, 1.54) is 29.2 Å². The number of anilines is 1. The molecule has 12 heteroatoms. The average Bonchev–Trinajstić information content (AvgIpc) is 3.04. The van der Waals surface area contributed by atoms with Gasteiger partial charge in [0, 0.05) is 34.6 Å². The maximum absolute atomic E-state index is 14.7. The zero-order valence-corrected chi connectivity index (χ0v) is 29.9. The van der Waals surface area contributed by atoms with Gasteiger partial charge in [0.2, 0.25) is 11.8 Å². The van der Waals surface area contributed by atoms with Crippen molar-refractivity contribution in [3.63, 3.8) is 0 Å². The maximum Gasteiger partial charge on any atom is 0.264 e. The number of rotatable bonds is 13. The number of nitrogens with one attached hydrogen (secondary N) is 1. The molecule has 0 spiro atoms. The highest BCUT2D eigenvalue weighted by molar-refractivity contribution is 7.92. The minimum Gasteiger partial charge on any atom is -0.352 e. The fourth-order valence-electron chi connectivity index (χ4n) is 4.88. The summed E-state index contributed by atoms with van der Waals surface area (Å²) in [7, 11) is -4.37. The van der Waals surface area contributed by atoms with Gasteiger partial charge < -0.3 is 10.2 Å². The van der Waals surface area contributed by atoms with Gasteiger partial charge in [0.1, 0.15) is 12.6 Å². The molecule has 2 amide bonds. The van der Waals surface area contributed by atoms with Crippen molar-refractivity contribution in [2.24, 2.45) is 0 Å². The van der Waals surface area contributed by atoms with Crippen LogP contribution in [0.3, 0.4) is 0 Å². The van der Waals surface area contributed by atoms with Crippen LogP contribution in [0.5, 0.6) is 0 Å². The van der Waals surface area contributed by atoms with Crippen LogP contribution >= 0.6 is 46.4 Å².